The van der Waals surface area contributed by atoms with Crippen LogP contribution in [0.15, 0.2) is 194 Å². The Hall–Kier alpha value is -6.68. The van der Waals surface area contributed by atoms with E-state index >= 15 is 0 Å². The van der Waals surface area contributed by atoms with Crippen molar-refractivity contribution in [2.75, 3.05) is 0 Å². The van der Waals surface area contributed by atoms with Crippen molar-refractivity contribution in [2.45, 2.75) is 0 Å². The lowest BCUT2D eigenvalue weighted by molar-refractivity contribution is 1.18. The van der Waals surface area contributed by atoms with Crippen molar-refractivity contribution in [3.63, 3.8) is 0 Å². The van der Waals surface area contributed by atoms with Gasteiger partial charge in [-0.2, -0.15) is 0 Å². The van der Waals surface area contributed by atoms with Crippen LogP contribution >= 0.6 is 11.3 Å². The SMILES string of the molecule is c1ccc(-c2cccc(-c3cc(-c4ccc5sc6ccccc6c5c4)cc(-c4cc(-c5ccc6ccccc6c5)nc(-c5ccccc5)n4)c3)c2)cc1. The van der Waals surface area contributed by atoms with Gasteiger partial charge in [0.05, 0.1) is 11.4 Å². The monoisotopic (exact) mass is 692 g/mol. The lowest BCUT2D eigenvalue weighted by Crippen LogP contribution is -1.96. The third kappa shape index (κ3) is 5.97. The molecule has 0 aliphatic carbocycles. The van der Waals surface area contributed by atoms with Crippen molar-refractivity contribution in [1.29, 1.82) is 0 Å². The number of rotatable bonds is 6. The molecular formula is C50H32N2S. The minimum atomic E-state index is 0.704. The predicted octanol–water partition coefficient (Wildman–Crippen LogP) is 14.0. The van der Waals surface area contributed by atoms with Gasteiger partial charge in [0.2, 0.25) is 0 Å². The molecule has 0 spiro atoms. The molecule has 10 aromatic rings. The van der Waals surface area contributed by atoms with E-state index in [4.69, 9.17) is 9.97 Å². The van der Waals surface area contributed by atoms with Crippen LogP contribution in [0.25, 0.3) is 98.2 Å². The molecule has 0 radical (unpaired) electrons. The van der Waals surface area contributed by atoms with E-state index in [0.29, 0.717) is 5.82 Å². The summed E-state index contributed by atoms with van der Waals surface area (Å²) in [7, 11) is 0. The van der Waals surface area contributed by atoms with Crippen LogP contribution in [0.2, 0.25) is 0 Å². The van der Waals surface area contributed by atoms with E-state index in [1.165, 1.54) is 47.6 Å². The van der Waals surface area contributed by atoms with E-state index in [2.05, 4.69) is 176 Å². The Morgan fingerprint density at radius 2 is 0.830 bits per heavy atom. The highest BCUT2D eigenvalue weighted by Crippen LogP contribution is 2.40. The fraction of sp³-hybridized carbons (Fsp3) is 0. The molecule has 0 unspecified atom stereocenters. The molecule has 53 heavy (non-hydrogen) atoms. The number of fused-ring (bicyclic) bond motifs is 4. The summed E-state index contributed by atoms with van der Waals surface area (Å²) in [5.41, 5.74) is 11.9. The molecule has 0 atom stereocenters. The van der Waals surface area contributed by atoms with E-state index in [9.17, 15) is 0 Å². The Bertz CT molecular complexity index is 2950. The van der Waals surface area contributed by atoms with Crippen molar-refractivity contribution in [3.8, 4) is 67.3 Å². The smallest absolute Gasteiger partial charge is 0.160 e. The standard InChI is InChI=1S/C50H32N2S/c1-3-12-33(13-4-1)37-18-11-19-38(26-37)41-28-42(39-24-25-49-45(31-39)44-20-9-10-21-48(44)53-49)30-43(29-41)47-32-46(51-50(52-47)35-15-5-2-6-16-35)40-23-22-34-14-7-8-17-36(34)27-40/h1-32H. The van der Waals surface area contributed by atoms with Crippen molar-refractivity contribution in [3.05, 3.63) is 194 Å². The van der Waals surface area contributed by atoms with Crippen molar-refractivity contribution >= 4 is 42.3 Å². The fourth-order valence-corrected chi connectivity index (χ4v) is 8.42. The van der Waals surface area contributed by atoms with Crippen LogP contribution in [0.4, 0.5) is 0 Å². The van der Waals surface area contributed by atoms with Crippen molar-refractivity contribution in [2.24, 2.45) is 0 Å². The lowest BCUT2D eigenvalue weighted by atomic mass is 9.92. The summed E-state index contributed by atoms with van der Waals surface area (Å²) in [6.07, 6.45) is 0. The van der Waals surface area contributed by atoms with Gasteiger partial charge in [0.25, 0.3) is 0 Å². The molecule has 0 bridgehead atoms. The first-order valence-corrected chi connectivity index (χ1v) is 18.7. The first-order chi connectivity index (χ1) is 26.2. The Balaban J connectivity index is 1.19. The molecule has 2 aromatic heterocycles. The first kappa shape index (κ1) is 31.1. The van der Waals surface area contributed by atoms with Gasteiger partial charge < -0.3 is 0 Å². The first-order valence-electron chi connectivity index (χ1n) is 17.9. The summed E-state index contributed by atoms with van der Waals surface area (Å²) in [6, 6.07) is 69.4. The van der Waals surface area contributed by atoms with Gasteiger partial charge in [-0.1, -0.05) is 140 Å². The summed E-state index contributed by atoms with van der Waals surface area (Å²) >= 11 is 1.85. The number of aromatic nitrogens is 2. The number of benzene rings is 8. The van der Waals surface area contributed by atoms with E-state index in [1.54, 1.807) is 0 Å². The summed E-state index contributed by atoms with van der Waals surface area (Å²) in [6.45, 7) is 0. The van der Waals surface area contributed by atoms with Crippen molar-refractivity contribution < 1.29 is 0 Å². The Morgan fingerprint density at radius 1 is 0.283 bits per heavy atom. The van der Waals surface area contributed by atoms with Gasteiger partial charge in [-0.25, -0.2) is 9.97 Å². The Morgan fingerprint density at radius 3 is 1.62 bits per heavy atom. The summed E-state index contributed by atoms with van der Waals surface area (Å²) < 4.78 is 2.60. The summed E-state index contributed by atoms with van der Waals surface area (Å²) in [4.78, 5) is 10.4. The topological polar surface area (TPSA) is 25.8 Å². The molecule has 8 aromatic carbocycles. The highest BCUT2D eigenvalue weighted by Gasteiger charge is 2.15. The van der Waals surface area contributed by atoms with Crippen LogP contribution in [0.1, 0.15) is 0 Å². The summed E-state index contributed by atoms with van der Waals surface area (Å²) in [5.74, 6) is 0.704. The Kier molecular flexibility index (Phi) is 7.71. The van der Waals surface area contributed by atoms with Crippen molar-refractivity contribution in [1.82, 2.24) is 9.97 Å². The molecule has 3 heteroatoms. The number of hydrogen-bond donors (Lipinski definition) is 0. The van der Waals surface area contributed by atoms with E-state index < -0.39 is 0 Å². The molecule has 10 rings (SSSR count). The van der Waals surface area contributed by atoms with E-state index in [0.717, 1.165) is 44.8 Å². The molecule has 248 valence electrons. The van der Waals surface area contributed by atoms with Crippen LogP contribution in [-0.4, -0.2) is 9.97 Å². The van der Waals surface area contributed by atoms with Crippen LogP contribution < -0.4 is 0 Å². The Labute approximate surface area is 312 Å². The van der Waals surface area contributed by atoms with E-state index in [-0.39, 0.29) is 0 Å². The average molecular weight is 693 g/mol. The number of nitrogens with zero attached hydrogens (tertiary/aromatic N) is 2. The second-order valence-electron chi connectivity index (χ2n) is 13.4. The van der Waals surface area contributed by atoms with Crippen LogP contribution in [0.3, 0.4) is 0 Å². The molecule has 0 saturated heterocycles. The molecule has 0 aliphatic rings. The van der Waals surface area contributed by atoms with Gasteiger partial charge in [0.1, 0.15) is 0 Å². The molecule has 0 fully saturated rings. The van der Waals surface area contributed by atoms with Crippen LogP contribution in [0.5, 0.6) is 0 Å². The minimum Gasteiger partial charge on any atom is -0.228 e. The third-order valence-corrected chi connectivity index (χ3v) is 11.2. The summed E-state index contributed by atoms with van der Waals surface area (Å²) in [5, 5.41) is 4.97. The zero-order chi connectivity index (χ0) is 35.1. The molecule has 2 heterocycles. The zero-order valence-corrected chi connectivity index (χ0v) is 29.6. The van der Waals surface area contributed by atoms with Crippen LogP contribution in [0, 0.1) is 0 Å². The molecular weight excluding hydrogens is 661 g/mol. The van der Waals surface area contributed by atoms with E-state index in [1.807, 2.05) is 29.5 Å². The number of thiophene rings is 1. The van der Waals surface area contributed by atoms with Gasteiger partial charge in [-0.3, -0.25) is 0 Å². The quantitative estimate of drug-likeness (QED) is 0.173. The average Bonchev–Trinajstić information content (AvgIpc) is 3.62. The molecule has 0 saturated carbocycles. The highest BCUT2D eigenvalue weighted by atomic mass is 32.1. The van der Waals surface area contributed by atoms with Gasteiger partial charge in [0.15, 0.2) is 5.82 Å². The highest BCUT2D eigenvalue weighted by molar-refractivity contribution is 7.25. The molecule has 0 N–H and O–H groups in total. The molecule has 2 nitrogen and oxygen atoms in total. The maximum atomic E-state index is 5.27. The second kappa shape index (κ2) is 13.1. The van der Waals surface area contributed by atoms with Gasteiger partial charge in [-0.05, 0) is 98.8 Å². The molecule has 0 aliphatic heterocycles. The van der Waals surface area contributed by atoms with Gasteiger partial charge >= 0.3 is 0 Å². The largest absolute Gasteiger partial charge is 0.228 e. The number of hydrogen-bond acceptors (Lipinski definition) is 3. The van der Waals surface area contributed by atoms with Gasteiger partial charge in [-0.15, -0.1) is 11.3 Å². The maximum Gasteiger partial charge on any atom is 0.160 e. The lowest BCUT2D eigenvalue weighted by Gasteiger charge is -2.14. The van der Waals surface area contributed by atoms with Crippen LogP contribution in [-0.2, 0) is 0 Å². The predicted molar refractivity (Wildman–Crippen MR) is 225 cm³/mol. The fourth-order valence-electron chi connectivity index (χ4n) is 7.33. The maximum absolute atomic E-state index is 5.27. The minimum absolute atomic E-state index is 0.704. The second-order valence-corrected chi connectivity index (χ2v) is 14.5. The normalized spacial score (nSPS) is 11.4. The third-order valence-electron chi connectivity index (χ3n) is 10.0. The zero-order valence-electron chi connectivity index (χ0n) is 28.8. The molecule has 0 amide bonds. The van der Waals surface area contributed by atoms with Gasteiger partial charge in [0, 0.05) is 36.9 Å².